The number of carbonyl (C=O) groups excluding carboxylic acids is 1. The van der Waals surface area contributed by atoms with Crippen LogP contribution in [0.4, 0.5) is 5.69 Å². The van der Waals surface area contributed by atoms with Gasteiger partial charge in [-0.2, -0.15) is 0 Å². The van der Waals surface area contributed by atoms with Crippen molar-refractivity contribution >= 4 is 55.2 Å². The highest BCUT2D eigenvalue weighted by molar-refractivity contribution is 9.11. The van der Waals surface area contributed by atoms with Gasteiger partial charge in [0, 0.05) is 32.6 Å². The molecule has 2 heterocycles. The van der Waals surface area contributed by atoms with Crippen molar-refractivity contribution in [3.05, 3.63) is 75.4 Å². The maximum Gasteiger partial charge on any atom is 0.234 e. The van der Waals surface area contributed by atoms with Crippen LogP contribution in [-0.4, -0.2) is 38.0 Å². The van der Waals surface area contributed by atoms with Gasteiger partial charge in [0.1, 0.15) is 5.75 Å². The molecule has 0 aliphatic carbocycles. The third-order valence-electron chi connectivity index (χ3n) is 4.76. The average Bonchev–Trinajstić information content (AvgIpc) is 3.25. The number of hydrogen-bond acceptors (Lipinski definition) is 6. The van der Waals surface area contributed by atoms with Crippen LogP contribution < -0.4 is 10.1 Å². The van der Waals surface area contributed by atoms with E-state index in [0.29, 0.717) is 23.3 Å². The Morgan fingerprint density at radius 3 is 2.38 bits per heavy atom. The summed E-state index contributed by atoms with van der Waals surface area (Å²) >= 11 is 8.35. The summed E-state index contributed by atoms with van der Waals surface area (Å²) in [5.41, 5.74) is 3.52. The average molecular weight is 603 g/mol. The maximum absolute atomic E-state index is 12.8. The fourth-order valence-electron chi connectivity index (χ4n) is 3.27. The molecule has 4 rings (SSSR count). The summed E-state index contributed by atoms with van der Waals surface area (Å²) in [6, 6.07) is 15.4. The zero-order chi connectivity index (χ0) is 24.1. The van der Waals surface area contributed by atoms with Crippen molar-refractivity contribution in [2.24, 2.45) is 0 Å². The Balaban J connectivity index is 1.59. The molecule has 0 saturated heterocycles. The van der Waals surface area contributed by atoms with Crippen molar-refractivity contribution in [1.29, 1.82) is 0 Å². The van der Waals surface area contributed by atoms with Gasteiger partial charge in [-0.05, 0) is 99.8 Å². The molecular formula is C24H21Br2N5O2S. The summed E-state index contributed by atoms with van der Waals surface area (Å²) in [4.78, 5) is 16.9. The molecule has 0 unspecified atom stereocenters. The fraction of sp³-hybridized carbons (Fsp3) is 0.167. The second kappa shape index (κ2) is 11.2. The predicted molar refractivity (Wildman–Crippen MR) is 142 cm³/mol. The smallest absolute Gasteiger partial charge is 0.234 e. The minimum Gasteiger partial charge on any atom is -0.494 e. The summed E-state index contributed by atoms with van der Waals surface area (Å²) in [5.74, 6) is 1.46. The van der Waals surface area contributed by atoms with Crippen LogP contribution >= 0.6 is 43.6 Å². The molecule has 4 aromatic rings. The lowest BCUT2D eigenvalue weighted by Gasteiger charge is -2.12. The van der Waals surface area contributed by atoms with E-state index in [1.165, 1.54) is 11.8 Å². The summed E-state index contributed by atoms with van der Waals surface area (Å²) in [6.07, 6.45) is 3.42. The van der Waals surface area contributed by atoms with E-state index < -0.39 is 0 Å². The number of rotatable bonds is 8. The van der Waals surface area contributed by atoms with Crippen molar-refractivity contribution in [3.63, 3.8) is 0 Å². The zero-order valence-electron chi connectivity index (χ0n) is 18.5. The highest BCUT2D eigenvalue weighted by Crippen LogP contribution is 2.33. The molecule has 0 atom stereocenters. The molecule has 0 bridgehead atoms. The van der Waals surface area contributed by atoms with Crippen LogP contribution in [0.2, 0.25) is 0 Å². The number of benzene rings is 2. The first kappa shape index (κ1) is 24.4. The lowest BCUT2D eigenvalue weighted by Crippen LogP contribution is -2.15. The fourth-order valence-corrected chi connectivity index (χ4v) is 5.63. The molecule has 0 fully saturated rings. The number of aromatic nitrogens is 4. The highest BCUT2D eigenvalue weighted by Gasteiger charge is 2.18. The summed E-state index contributed by atoms with van der Waals surface area (Å²) < 4.78 is 9.13. The van der Waals surface area contributed by atoms with E-state index in [1.807, 2.05) is 66.9 Å². The van der Waals surface area contributed by atoms with Crippen LogP contribution in [-0.2, 0) is 4.79 Å². The third-order valence-corrected chi connectivity index (χ3v) is 6.94. The maximum atomic E-state index is 12.8. The van der Waals surface area contributed by atoms with Gasteiger partial charge in [-0.15, -0.1) is 10.2 Å². The standard InChI is InChI=1S/C24H21Br2N5O2S/c1-3-33-18-6-4-17(5-7-18)31-23(16-8-10-27-11-9-16)29-30-24(31)34-14-21(32)28-22-19(25)12-15(2)13-20(22)26/h4-13H,3,14H2,1-2H3,(H,28,32). The molecule has 0 saturated carbocycles. The molecule has 174 valence electrons. The van der Waals surface area contributed by atoms with E-state index in [1.54, 1.807) is 12.4 Å². The van der Waals surface area contributed by atoms with Gasteiger partial charge < -0.3 is 10.1 Å². The predicted octanol–water partition coefficient (Wildman–Crippen LogP) is 6.29. The topological polar surface area (TPSA) is 81.9 Å². The third kappa shape index (κ3) is 5.68. The largest absolute Gasteiger partial charge is 0.494 e. The second-order valence-corrected chi connectivity index (χ2v) is 9.90. The van der Waals surface area contributed by atoms with Gasteiger partial charge in [-0.25, -0.2) is 0 Å². The van der Waals surface area contributed by atoms with Crippen LogP contribution in [0, 0.1) is 6.92 Å². The molecule has 1 amide bonds. The zero-order valence-corrected chi connectivity index (χ0v) is 22.4. The molecule has 0 radical (unpaired) electrons. The van der Waals surface area contributed by atoms with Gasteiger partial charge in [-0.1, -0.05) is 11.8 Å². The number of nitrogens with zero attached hydrogens (tertiary/aromatic N) is 4. The van der Waals surface area contributed by atoms with E-state index in [-0.39, 0.29) is 11.7 Å². The van der Waals surface area contributed by atoms with E-state index in [9.17, 15) is 4.79 Å². The summed E-state index contributed by atoms with van der Waals surface area (Å²) in [6.45, 7) is 4.53. The Hall–Kier alpha value is -2.69. The minimum atomic E-state index is -0.151. The number of anilines is 1. The minimum absolute atomic E-state index is 0.151. The number of amides is 1. The van der Waals surface area contributed by atoms with Crippen LogP contribution in [0.5, 0.6) is 5.75 Å². The quantitative estimate of drug-likeness (QED) is 0.239. The first-order chi connectivity index (χ1) is 16.5. The Bertz CT molecular complexity index is 1270. The number of thioether (sulfide) groups is 1. The molecule has 34 heavy (non-hydrogen) atoms. The number of nitrogens with one attached hydrogen (secondary N) is 1. The Labute approximate surface area is 218 Å². The molecule has 0 aliphatic rings. The van der Waals surface area contributed by atoms with Crippen LogP contribution in [0.1, 0.15) is 12.5 Å². The van der Waals surface area contributed by atoms with E-state index in [2.05, 4.69) is 52.4 Å². The van der Waals surface area contributed by atoms with Gasteiger partial charge in [0.25, 0.3) is 0 Å². The Morgan fingerprint density at radius 2 is 1.74 bits per heavy atom. The number of pyridine rings is 1. The van der Waals surface area contributed by atoms with Gasteiger partial charge in [0.05, 0.1) is 18.0 Å². The molecule has 2 aromatic carbocycles. The summed E-state index contributed by atoms with van der Waals surface area (Å²) in [5, 5.41) is 12.4. The lowest BCUT2D eigenvalue weighted by molar-refractivity contribution is -0.113. The first-order valence-electron chi connectivity index (χ1n) is 10.4. The van der Waals surface area contributed by atoms with E-state index >= 15 is 0 Å². The molecule has 0 aliphatic heterocycles. The van der Waals surface area contributed by atoms with Crippen LogP contribution in [0.3, 0.4) is 0 Å². The van der Waals surface area contributed by atoms with Crippen LogP contribution in [0.25, 0.3) is 17.1 Å². The van der Waals surface area contributed by atoms with Crippen molar-refractivity contribution < 1.29 is 9.53 Å². The van der Waals surface area contributed by atoms with Gasteiger partial charge in [-0.3, -0.25) is 14.3 Å². The molecule has 1 N–H and O–H groups in total. The number of halogens is 2. The van der Waals surface area contributed by atoms with Crippen molar-refractivity contribution in [2.75, 3.05) is 17.7 Å². The highest BCUT2D eigenvalue weighted by atomic mass is 79.9. The number of aryl methyl sites for hydroxylation is 1. The molecular weight excluding hydrogens is 582 g/mol. The second-order valence-electron chi connectivity index (χ2n) is 7.24. The van der Waals surface area contributed by atoms with E-state index in [4.69, 9.17) is 4.74 Å². The Morgan fingerprint density at radius 1 is 1.06 bits per heavy atom. The normalized spacial score (nSPS) is 10.8. The number of hydrogen-bond donors (Lipinski definition) is 1. The van der Waals surface area contributed by atoms with Crippen molar-refractivity contribution in [1.82, 2.24) is 19.7 Å². The monoisotopic (exact) mass is 601 g/mol. The van der Waals surface area contributed by atoms with E-state index in [0.717, 1.165) is 31.5 Å². The van der Waals surface area contributed by atoms with Gasteiger partial charge in [0.2, 0.25) is 5.91 Å². The molecule has 7 nitrogen and oxygen atoms in total. The molecule has 2 aromatic heterocycles. The van der Waals surface area contributed by atoms with Gasteiger partial charge >= 0.3 is 0 Å². The summed E-state index contributed by atoms with van der Waals surface area (Å²) in [7, 11) is 0. The van der Waals surface area contributed by atoms with Crippen molar-refractivity contribution in [3.8, 4) is 22.8 Å². The first-order valence-corrected chi connectivity index (χ1v) is 13.0. The van der Waals surface area contributed by atoms with Gasteiger partial charge in [0.15, 0.2) is 11.0 Å². The number of ether oxygens (including phenoxy) is 1. The SMILES string of the molecule is CCOc1ccc(-n2c(SCC(=O)Nc3c(Br)cc(C)cc3Br)nnc2-c2ccncc2)cc1. The van der Waals surface area contributed by atoms with Crippen LogP contribution in [0.15, 0.2) is 75.0 Å². The molecule has 0 spiro atoms. The van der Waals surface area contributed by atoms with Crippen molar-refractivity contribution in [2.45, 2.75) is 19.0 Å². The Kier molecular flexibility index (Phi) is 8.02. The lowest BCUT2D eigenvalue weighted by atomic mass is 10.2. The number of carbonyl (C=O) groups is 1. The molecule has 10 heteroatoms.